The number of benzene rings is 2. The normalized spacial score (nSPS) is 13.9. The first-order chi connectivity index (χ1) is 13.3. The van der Waals surface area contributed by atoms with E-state index >= 15 is 0 Å². The Morgan fingerprint density at radius 2 is 1.68 bits per heavy atom. The fourth-order valence-electron chi connectivity index (χ4n) is 3.05. The zero-order valence-corrected chi connectivity index (χ0v) is 15.8. The average molecular weight is 380 g/mol. The van der Waals surface area contributed by atoms with E-state index in [2.05, 4.69) is 5.32 Å². The second kappa shape index (κ2) is 7.64. The Hall–Kier alpha value is -3.48. The SMILES string of the molecule is COC(=O)C[C@H](NC(=O)c1ccc2c(c1)C(=O)N(C)C2=O)c1ccc(C)cc1. The molecule has 7 nitrogen and oxygen atoms in total. The summed E-state index contributed by atoms with van der Waals surface area (Å²) < 4.78 is 4.73. The Morgan fingerprint density at radius 3 is 2.32 bits per heavy atom. The molecule has 0 fully saturated rings. The Morgan fingerprint density at radius 1 is 1.04 bits per heavy atom. The fraction of sp³-hybridized carbons (Fsp3) is 0.238. The number of carbonyl (C=O) groups is 4. The Labute approximate surface area is 162 Å². The van der Waals surface area contributed by atoms with Crippen molar-refractivity contribution in [1.29, 1.82) is 0 Å². The minimum absolute atomic E-state index is 0.0314. The molecule has 0 saturated carbocycles. The maximum atomic E-state index is 12.8. The van der Waals surface area contributed by atoms with Crippen molar-refractivity contribution in [2.75, 3.05) is 14.2 Å². The van der Waals surface area contributed by atoms with Crippen LogP contribution in [0.1, 0.15) is 54.7 Å². The molecule has 2 aromatic carbocycles. The molecular weight excluding hydrogens is 360 g/mol. The number of rotatable bonds is 5. The lowest BCUT2D eigenvalue weighted by molar-refractivity contribution is -0.141. The van der Waals surface area contributed by atoms with Crippen molar-refractivity contribution in [3.8, 4) is 0 Å². The van der Waals surface area contributed by atoms with Gasteiger partial charge in [-0.3, -0.25) is 24.1 Å². The predicted octanol–water partition coefficient (Wildman–Crippen LogP) is 2.26. The van der Waals surface area contributed by atoms with E-state index in [9.17, 15) is 19.2 Å². The van der Waals surface area contributed by atoms with Gasteiger partial charge in [0, 0.05) is 12.6 Å². The van der Waals surface area contributed by atoms with Crippen LogP contribution in [0.5, 0.6) is 0 Å². The quantitative estimate of drug-likeness (QED) is 0.634. The van der Waals surface area contributed by atoms with Gasteiger partial charge < -0.3 is 10.1 Å². The van der Waals surface area contributed by atoms with Crippen molar-refractivity contribution in [3.05, 3.63) is 70.3 Å². The van der Waals surface area contributed by atoms with E-state index in [0.29, 0.717) is 0 Å². The first-order valence-corrected chi connectivity index (χ1v) is 8.72. The second-order valence-electron chi connectivity index (χ2n) is 6.65. The fourth-order valence-corrected chi connectivity index (χ4v) is 3.05. The summed E-state index contributed by atoms with van der Waals surface area (Å²) in [6.45, 7) is 1.94. The number of amides is 3. The van der Waals surface area contributed by atoms with Gasteiger partial charge in [-0.1, -0.05) is 29.8 Å². The van der Waals surface area contributed by atoms with Crippen LogP contribution >= 0.6 is 0 Å². The number of nitrogens with zero attached hydrogens (tertiary/aromatic N) is 1. The third kappa shape index (κ3) is 3.64. The molecule has 1 N–H and O–H groups in total. The summed E-state index contributed by atoms with van der Waals surface area (Å²) in [5, 5.41) is 2.81. The summed E-state index contributed by atoms with van der Waals surface area (Å²) in [5.74, 6) is -1.75. The standard InChI is InChI=1S/C21H20N2O5/c1-12-4-6-13(7-5-12)17(11-18(24)28-3)22-19(25)14-8-9-15-16(10-14)21(27)23(2)20(15)26/h4-10,17H,11H2,1-3H3,(H,22,25)/t17-/m0/s1. The molecule has 0 saturated heterocycles. The highest BCUT2D eigenvalue weighted by Crippen LogP contribution is 2.24. The number of aryl methyl sites for hydroxylation is 1. The van der Waals surface area contributed by atoms with Crippen LogP contribution in [0, 0.1) is 6.92 Å². The monoisotopic (exact) mass is 380 g/mol. The third-order valence-corrected chi connectivity index (χ3v) is 4.74. The number of carbonyl (C=O) groups excluding carboxylic acids is 4. The molecule has 2 aromatic rings. The molecule has 0 radical (unpaired) electrons. The molecule has 0 spiro atoms. The first-order valence-electron chi connectivity index (χ1n) is 8.72. The van der Waals surface area contributed by atoms with Gasteiger partial charge in [-0.2, -0.15) is 0 Å². The molecule has 0 unspecified atom stereocenters. The summed E-state index contributed by atoms with van der Waals surface area (Å²) in [4.78, 5) is 49.7. The molecule has 0 aliphatic carbocycles. The summed E-state index contributed by atoms with van der Waals surface area (Å²) in [5.41, 5.74) is 2.51. The van der Waals surface area contributed by atoms with Crippen molar-refractivity contribution in [1.82, 2.24) is 10.2 Å². The van der Waals surface area contributed by atoms with Gasteiger partial charge in [-0.05, 0) is 30.7 Å². The molecule has 1 aliphatic heterocycles. The van der Waals surface area contributed by atoms with Gasteiger partial charge in [0.05, 0.1) is 30.7 Å². The molecule has 28 heavy (non-hydrogen) atoms. The number of hydrogen-bond donors (Lipinski definition) is 1. The summed E-state index contributed by atoms with van der Waals surface area (Å²) in [6.07, 6.45) is -0.0314. The highest BCUT2D eigenvalue weighted by atomic mass is 16.5. The Balaban J connectivity index is 1.86. The predicted molar refractivity (Wildman–Crippen MR) is 101 cm³/mol. The van der Waals surface area contributed by atoms with Crippen LogP contribution in [0.15, 0.2) is 42.5 Å². The molecule has 3 amide bonds. The number of hydrogen-bond acceptors (Lipinski definition) is 5. The van der Waals surface area contributed by atoms with Crippen molar-refractivity contribution >= 4 is 23.7 Å². The van der Waals surface area contributed by atoms with Gasteiger partial charge in [-0.25, -0.2) is 0 Å². The summed E-state index contributed by atoms with van der Waals surface area (Å²) >= 11 is 0. The van der Waals surface area contributed by atoms with Crippen molar-refractivity contribution < 1.29 is 23.9 Å². The van der Waals surface area contributed by atoms with Crippen LogP contribution in [-0.4, -0.2) is 42.7 Å². The molecule has 7 heteroatoms. The van der Waals surface area contributed by atoms with Gasteiger partial charge in [0.2, 0.25) is 0 Å². The first kappa shape index (κ1) is 19.3. The molecule has 144 valence electrons. The average Bonchev–Trinajstić information content (AvgIpc) is 2.91. The lowest BCUT2D eigenvalue weighted by Gasteiger charge is -2.18. The van der Waals surface area contributed by atoms with Gasteiger partial charge in [0.15, 0.2) is 0 Å². The molecule has 0 bridgehead atoms. The lowest BCUT2D eigenvalue weighted by Crippen LogP contribution is -2.30. The van der Waals surface area contributed by atoms with E-state index in [-0.39, 0.29) is 23.1 Å². The topological polar surface area (TPSA) is 92.8 Å². The van der Waals surface area contributed by atoms with Crippen LogP contribution in [0.3, 0.4) is 0 Å². The maximum Gasteiger partial charge on any atom is 0.307 e. The highest BCUT2D eigenvalue weighted by molar-refractivity contribution is 6.21. The molecule has 1 aliphatic rings. The summed E-state index contributed by atoms with van der Waals surface area (Å²) in [6, 6.07) is 11.2. The zero-order valence-electron chi connectivity index (χ0n) is 15.8. The number of ether oxygens (including phenoxy) is 1. The van der Waals surface area contributed by atoms with Crippen LogP contribution in [0.2, 0.25) is 0 Å². The Kier molecular flexibility index (Phi) is 5.26. The van der Waals surface area contributed by atoms with Crippen molar-refractivity contribution in [2.45, 2.75) is 19.4 Å². The number of imide groups is 1. The van der Waals surface area contributed by atoms with E-state index < -0.39 is 29.7 Å². The van der Waals surface area contributed by atoms with E-state index in [1.165, 1.54) is 32.4 Å². The highest BCUT2D eigenvalue weighted by Gasteiger charge is 2.33. The van der Waals surface area contributed by atoms with Crippen molar-refractivity contribution in [3.63, 3.8) is 0 Å². The minimum atomic E-state index is -0.589. The van der Waals surface area contributed by atoms with Crippen LogP contribution in [-0.2, 0) is 9.53 Å². The van der Waals surface area contributed by atoms with Crippen molar-refractivity contribution in [2.24, 2.45) is 0 Å². The minimum Gasteiger partial charge on any atom is -0.469 e. The lowest BCUT2D eigenvalue weighted by atomic mass is 10.0. The largest absolute Gasteiger partial charge is 0.469 e. The second-order valence-corrected chi connectivity index (χ2v) is 6.65. The Bertz CT molecular complexity index is 965. The number of methoxy groups -OCH3 is 1. The number of fused-ring (bicyclic) bond motifs is 1. The molecule has 0 aromatic heterocycles. The van der Waals surface area contributed by atoms with Gasteiger partial charge in [-0.15, -0.1) is 0 Å². The van der Waals surface area contributed by atoms with Crippen LogP contribution in [0.4, 0.5) is 0 Å². The van der Waals surface area contributed by atoms with E-state index in [4.69, 9.17) is 4.74 Å². The number of esters is 1. The third-order valence-electron chi connectivity index (χ3n) is 4.74. The maximum absolute atomic E-state index is 12.8. The zero-order chi connectivity index (χ0) is 20.4. The smallest absolute Gasteiger partial charge is 0.307 e. The molecule has 1 atom stereocenters. The van der Waals surface area contributed by atoms with E-state index in [0.717, 1.165) is 16.0 Å². The number of nitrogens with one attached hydrogen (secondary N) is 1. The molecule has 3 rings (SSSR count). The van der Waals surface area contributed by atoms with Gasteiger partial charge >= 0.3 is 5.97 Å². The molecular formula is C21H20N2O5. The van der Waals surface area contributed by atoms with E-state index in [1.807, 2.05) is 31.2 Å². The summed E-state index contributed by atoms with van der Waals surface area (Å²) in [7, 11) is 2.68. The van der Waals surface area contributed by atoms with Gasteiger partial charge in [0.25, 0.3) is 17.7 Å². The van der Waals surface area contributed by atoms with Crippen LogP contribution < -0.4 is 5.32 Å². The molecule has 1 heterocycles. The van der Waals surface area contributed by atoms with Crippen LogP contribution in [0.25, 0.3) is 0 Å². The van der Waals surface area contributed by atoms with Gasteiger partial charge in [0.1, 0.15) is 0 Å². The van der Waals surface area contributed by atoms with E-state index in [1.54, 1.807) is 0 Å².